The molecule has 0 aromatic heterocycles. The molecule has 0 aliphatic heterocycles. The highest BCUT2D eigenvalue weighted by Crippen LogP contribution is 2.40. The summed E-state index contributed by atoms with van der Waals surface area (Å²) in [6.07, 6.45) is -4.72. The number of para-hydroxylation sites is 1. The Morgan fingerprint density at radius 2 is 1.57 bits per heavy atom. The van der Waals surface area contributed by atoms with Crippen molar-refractivity contribution in [3.63, 3.8) is 0 Å². The van der Waals surface area contributed by atoms with Crippen molar-refractivity contribution in [2.24, 2.45) is 0 Å². The van der Waals surface area contributed by atoms with E-state index in [1.165, 1.54) is 6.07 Å². The second-order valence-electron chi connectivity index (χ2n) is 4.26. The van der Waals surface area contributed by atoms with E-state index in [-0.39, 0.29) is 0 Å². The molecule has 0 heterocycles. The zero-order valence-electron chi connectivity index (χ0n) is 11.1. The second kappa shape index (κ2) is 5.91. The maximum absolute atomic E-state index is 12.9. The van der Waals surface area contributed by atoms with E-state index in [1.807, 2.05) is 0 Å². The second-order valence-corrected chi connectivity index (χ2v) is 4.26. The fourth-order valence-corrected chi connectivity index (χ4v) is 1.76. The van der Waals surface area contributed by atoms with Crippen molar-refractivity contribution in [1.29, 1.82) is 0 Å². The minimum atomic E-state index is -4.72. The van der Waals surface area contributed by atoms with Gasteiger partial charge in [-0.25, -0.2) is 0 Å². The number of non-ortho nitro benzene ring substituents is 1. The maximum Gasteiger partial charge on any atom is 0.419 e. The van der Waals surface area contributed by atoms with Crippen LogP contribution in [0.15, 0.2) is 42.5 Å². The van der Waals surface area contributed by atoms with Crippen molar-refractivity contribution in [2.75, 3.05) is 0 Å². The number of rotatable bonds is 4. The fourth-order valence-electron chi connectivity index (χ4n) is 1.76. The van der Waals surface area contributed by atoms with Gasteiger partial charge in [0.2, 0.25) is 5.75 Å². The molecule has 0 saturated heterocycles. The first-order chi connectivity index (χ1) is 10.7. The van der Waals surface area contributed by atoms with E-state index in [9.17, 15) is 33.4 Å². The predicted octanol–water partition coefficient (Wildman–Crippen LogP) is 4.31. The molecule has 120 valence electrons. The van der Waals surface area contributed by atoms with Gasteiger partial charge in [-0.2, -0.15) is 13.2 Å². The van der Waals surface area contributed by atoms with Crippen LogP contribution >= 0.6 is 0 Å². The molecule has 0 aliphatic rings. The third kappa shape index (κ3) is 3.54. The van der Waals surface area contributed by atoms with Crippen LogP contribution in [0.2, 0.25) is 0 Å². The highest BCUT2D eigenvalue weighted by Gasteiger charge is 2.35. The number of nitro groups is 2. The molecule has 2 aromatic carbocycles. The Morgan fingerprint density at radius 1 is 0.913 bits per heavy atom. The van der Waals surface area contributed by atoms with Crippen LogP contribution in [0.5, 0.6) is 11.5 Å². The summed E-state index contributed by atoms with van der Waals surface area (Å²) >= 11 is 0. The van der Waals surface area contributed by atoms with Crippen LogP contribution in [-0.2, 0) is 6.18 Å². The lowest BCUT2D eigenvalue weighted by molar-refractivity contribution is -0.394. The van der Waals surface area contributed by atoms with Crippen molar-refractivity contribution in [1.82, 2.24) is 0 Å². The summed E-state index contributed by atoms with van der Waals surface area (Å²) in [6.45, 7) is 0. The molecule has 0 N–H and O–H groups in total. The van der Waals surface area contributed by atoms with Crippen LogP contribution < -0.4 is 4.74 Å². The van der Waals surface area contributed by atoms with Crippen LogP contribution in [0.1, 0.15) is 5.56 Å². The van der Waals surface area contributed by atoms with Gasteiger partial charge in [-0.05, 0) is 18.2 Å². The minimum Gasteiger partial charge on any atom is -0.449 e. The Bertz CT molecular complexity index is 776. The van der Waals surface area contributed by atoms with Gasteiger partial charge in [0.05, 0.1) is 21.5 Å². The lowest BCUT2D eigenvalue weighted by Crippen LogP contribution is -2.07. The molecule has 0 spiro atoms. The molecule has 0 amide bonds. The van der Waals surface area contributed by atoms with Gasteiger partial charge in [-0.1, -0.05) is 12.1 Å². The van der Waals surface area contributed by atoms with Gasteiger partial charge < -0.3 is 4.74 Å². The first-order valence-corrected chi connectivity index (χ1v) is 5.97. The molecule has 0 bridgehead atoms. The molecule has 0 saturated carbocycles. The fraction of sp³-hybridized carbons (Fsp3) is 0.0769. The van der Waals surface area contributed by atoms with E-state index in [2.05, 4.69) is 0 Å². The number of hydrogen-bond acceptors (Lipinski definition) is 5. The van der Waals surface area contributed by atoms with Crippen molar-refractivity contribution in [2.45, 2.75) is 6.18 Å². The van der Waals surface area contributed by atoms with Gasteiger partial charge in [0.1, 0.15) is 5.75 Å². The molecule has 2 rings (SSSR count). The van der Waals surface area contributed by atoms with E-state index < -0.39 is 44.5 Å². The van der Waals surface area contributed by atoms with Crippen LogP contribution in [0.4, 0.5) is 24.5 Å². The topological polar surface area (TPSA) is 95.5 Å². The van der Waals surface area contributed by atoms with Crippen molar-refractivity contribution < 1.29 is 27.8 Å². The minimum absolute atomic E-state index is 0.530. The zero-order valence-corrected chi connectivity index (χ0v) is 11.1. The SMILES string of the molecule is O=[N+]([O-])c1ccc(Oc2ccccc2C(F)(F)F)c([N+](=O)[O-])c1. The number of nitro benzene ring substituents is 2. The maximum atomic E-state index is 12.9. The predicted molar refractivity (Wildman–Crippen MR) is 71.3 cm³/mol. The molecule has 7 nitrogen and oxygen atoms in total. The van der Waals surface area contributed by atoms with Gasteiger partial charge in [0.25, 0.3) is 5.69 Å². The Hall–Kier alpha value is -3.17. The monoisotopic (exact) mass is 328 g/mol. The average molecular weight is 328 g/mol. The Balaban J connectivity index is 2.49. The third-order valence-corrected chi connectivity index (χ3v) is 2.76. The van der Waals surface area contributed by atoms with Crippen molar-refractivity contribution >= 4 is 11.4 Å². The molecule has 10 heteroatoms. The van der Waals surface area contributed by atoms with Gasteiger partial charge in [0, 0.05) is 6.07 Å². The zero-order chi connectivity index (χ0) is 17.2. The van der Waals surface area contributed by atoms with Crippen LogP contribution in [0.25, 0.3) is 0 Å². The molecule has 2 aromatic rings. The van der Waals surface area contributed by atoms with Crippen LogP contribution in [-0.4, -0.2) is 9.85 Å². The van der Waals surface area contributed by atoms with Crippen molar-refractivity contribution in [3.8, 4) is 11.5 Å². The largest absolute Gasteiger partial charge is 0.449 e. The summed E-state index contributed by atoms with van der Waals surface area (Å²) in [5, 5.41) is 21.6. The lowest BCUT2D eigenvalue weighted by atomic mass is 10.2. The van der Waals surface area contributed by atoms with Gasteiger partial charge in [-0.15, -0.1) is 0 Å². The summed E-state index contributed by atoms with van der Waals surface area (Å²) in [7, 11) is 0. The number of nitrogens with zero attached hydrogens (tertiary/aromatic N) is 2. The average Bonchev–Trinajstić information content (AvgIpc) is 2.46. The summed E-state index contributed by atoms with van der Waals surface area (Å²) < 4.78 is 43.6. The standard InChI is InChI=1S/C13H7F3N2O5/c14-13(15,16)9-3-1-2-4-11(9)23-12-6-5-8(17(19)20)7-10(12)18(21)22/h1-7H. The molecule has 0 radical (unpaired) electrons. The van der Waals surface area contributed by atoms with Gasteiger partial charge in [0.15, 0.2) is 0 Å². The Labute approximate surface area is 126 Å². The number of hydrogen-bond donors (Lipinski definition) is 0. The molecular weight excluding hydrogens is 321 g/mol. The summed E-state index contributed by atoms with van der Waals surface area (Å²) in [5.41, 5.74) is -2.50. The summed E-state index contributed by atoms with van der Waals surface area (Å²) in [4.78, 5) is 19.7. The smallest absolute Gasteiger partial charge is 0.419 e. The van der Waals surface area contributed by atoms with Crippen LogP contribution in [0, 0.1) is 20.2 Å². The van der Waals surface area contributed by atoms with Crippen molar-refractivity contribution in [3.05, 3.63) is 68.3 Å². The third-order valence-electron chi connectivity index (χ3n) is 2.76. The number of halogens is 3. The number of alkyl halides is 3. The summed E-state index contributed by atoms with van der Waals surface area (Å²) in [6, 6.07) is 6.55. The Morgan fingerprint density at radius 3 is 2.13 bits per heavy atom. The van der Waals surface area contributed by atoms with E-state index in [0.717, 1.165) is 30.3 Å². The summed E-state index contributed by atoms with van der Waals surface area (Å²) in [5.74, 6) is -1.17. The van der Waals surface area contributed by atoms with Gasteiger partial charge in [-0.3, -0.25) is 20.2 Å². The quantitative estimate of drug-likeness (QED) is 0.615. The molecule has 0 aliphatic carbocycles. The Kier molecular flexibility index (Phi) is 4.16. The number of benzene rings is 2. The number of ether oxygens (including phenoxy) is 1. The van der Waals surface area contributed by atoms with Crippen LogP contribution in [0.3, 0.4) is 0 Å². The van der Waals surface area contributed by atoms with E-state index in [0.29, 0.717) is 6.07 Å². The molecule has 0 fully saturated rings. The lowest BCUT2D eigenvalue weighted by Gasteiger charge is -2.13. The first kappa shape index (κ1) is 16.2. The first-order valence-electron chi connectivity index (χ1n) is 5.97. The molecule has 0 atom stereocenters. The van der Waals surface area contributed by atoms with E-state index in [4.69, 9.17) is 4.74 Å². The highest BCUT2D eigenvalue weighted by atomic mass is 19.4. The highest BCUT2D eigenvalue weighted by molar-refractivity contribution is 5.55. The molecule has 23 heavy (non-hydrogen) atoms. The van der Waals surface area contributed by atoms with E-state index in [1.54, 1.807) is 0 Å². The molecular formula is C13H7F3N2O5. The normalized spacial score (nSPS) is 11.1. The van der Waals surface area contributed by atoms with E-state index >= 15 is 0 Å². The molecule has 0 unspecified atom stereocenters. The van der Waals surface area contributed by atoms with Gasteiger partial charge >= 0.3 is 11.9 Å².